The Bertz CT molecular complexity index is 498. The number of hydrogen-bond donors (Lipinski definition) is 2. The van der Waals surface area contributed by atoms with Gasteiger partial charge in [0.05, 0.1) is 0 Å². The highest BCUT2D eigenvalue weighted by Gasteiger charge is 2.25. The van der Waals surface area contributed by atoms with E-state index in [1.807, 2.05) is 6.92 Å². The lowest BCUT2D eigenvalue weighted by atomic mass is 10.4. The van der Waals surface area contributed by atoms with Crippen molar-refractivity contribution < 1.29 is 8.42 Å². The van der Waals surface area contributed by atoms with Gasteiger partial charge in [-0.15, -0.1) is 0 Å². The molecule has 2 rings (SSSR count). The van der Waals surface area contributed by atoms with Crippen LogP contribution in [0.2, 0.25) is 0 Å². The number of nitrogens with one attached hydrogen (secondary N) is 2. The fourth-order valence-electron chi connectivity index (χ4n) is 1.61. The van der Waals surface area contributed by atoms with Gasteiger partial charge in [-0.25, -0.2) is 18.1 Å². The Labute approximate surface area is 108 Å². The van der Waals surface area contributed by atoms with Crippen molar-refractivity contribution in [1.29, 1.82) is 0 Å². The lowest BCUT2D eigenvalue weighted by Crippen LogP contribution is -2.27. The van der Waals surface area contributed by atoms with Gasteiger partial charge >= 0.3 is 0 Å². The molecule has 0 radical (unpaired) electrons. The Kier molecular flexibility index (Phi) is 4.19. The summed E-state index contributed by atoms with van der Waals surface area (Å²) in [6.45, 7) is 3.27. The van der Waals surface area contributed by atoms with Gasteiger partial charge in [-0.2, -0.15) is 0 Å². The number of hydrogen-bond acceptors (Lipinski definition) is 4. The first-order valence-corrected chi connectivity index (χ1v) is 7.80. The number of nitrogens with zero attached hydrogens (tertiary/aromatic N) is 1. The van der Waals surface area contributed by atoms with Crippen molar-refractivity contribution in [2.75, 3.05) is 18.4 Å². The van der Waals surface area contributed by atoms with E-state index in [4.69, 9.17) is 0 Å². The zero-order valence-corrected chi connectivity index (χ0v) is 11.3. The maximum Gasteiger partial charge on any atom is 0.244 e. The first-order chi connectivity index (χ1) is 8.63. The van der Waals surface area contributed by atoms with Gasteiger partial charge in [0.1, 0.15) is 10.7 Å². The monoisotopic (exact) mass is 269 g/mol. The van der Waals surface area contributed by atoms with Crippen LogP contribution in [0.5, 0.6) is 0 Å². The Hall–Kier alpha value is -1.14. The summed E-state index contributed by atoms with van der Waals surface area (Å²) < 4.78 is 27.0. The fourth-order valence-corrected chi connectivity index (χ4v) is 2.86. The van der Waals surface area contributed by atoms with Crippen LogP contribution in [0.4, 0.5) is 5.82 Å². The molecule has 0 amide bonds. The Morgan fingerprint density at radius 1 is 1.44 bits per heavy atom. The van der Waals surface area contributed by atoms with Crippen molar-refractivity contribution in [3.63, 3.8) is 0 Å². The van der Waals surface area contributed by atoms with Gasteiger partial charge in [0.25, 0.3) is 0 Å². The SMILES string of the molecule is CCCNc1ncccc1S(=O)(=O)NCC1CC1. The summed E-state index contributed by atoms with van der Waals surface area (Å²) >= 11 is 0. The largest absolute Gasteiger partial charge is 0.369 e. The molecule has 6 heteroatoms. The molecule has 0 spiro atoms. The van der Waals surface area contributed by atoms with Crippen molar-refractivity contribution >= 4 is 15.8 Å². The maximum atomic E-state index is 12.2. The molecule has 0 bridgehead atoms. The van der Waals surface area contributed by atoms with Gasteiger partial charge in [-0.3, -0.25) is 0 Å². The highest BCUT2D eigenvalue weighted by molar-refractivity contribution is 7.89. The lowest BCUT2D eigenvalue weighted by molar-refractivity contribution is 0.577. The Morgan fingerprint density at radius 2 is 2.22 bits per heavy atom. The van der Waals surface area contributed by atoms with E-state index in [0.29, 0.717) is 24.8 Å². The quantitative estimate of drug-likeness (QED) is 0.788. The summed E-state index contributed by atoms with van der Waals surface area (Å²) in [7, 11) is -3.45. The van der Waals surface area contributed by atoms with Crippen molar-refractivity contribution in [3.8, 4) is 0 Å². The van der Waals surface area contributed by atoms with Crippen LogP contribution in [0.15, 0.2) is 23.2 Å². The second kappa shape index (κ2) is 5.67. The summed E-state index contributed by atoms with van der Waals surface area (Å²) in [5, 5.41) is 3.04. The Morgan fingerprint density at radius 3 is 2.89 bits per heavy atom. The molecule has 2 N–H and O–H groups in total. The number of sulfonamides is 1. The van der Waals surface area contributed by atoms with E-state index in [-0.39, 0.29) is 4.90 Å². The molecule has 1 heterocycles. The molecule has 1 aliphatic carbocycles. The molecule has 0 saturated heterocycles. The molecule has 0 aromatic carbocycles. The summed E-state index contributed by atoms with van der Waals surface area (Å²) in [6, 6.07) is 3.23. The molecule has 1 fully saturated rings. The van der Waals surface area contributed by atoms with Crippen LogP contribution in [0, 0.1) is 5.92 Å². The minimum Gasteiger partial charge on any atom is -0.369 e. The third-order valence-electron chi connectivity index (χ3n) is 2.86. The molecule has 0 unspecified atom stereocenters. The van der Waals surface area contributed by atoms with Crippen molar-refractivity contribution in [2.24, 2.45) is 5.92 Å². The molecule has 1 aromatic heterocycles. The highest BCUT2D eigenvalue weighted by atomic mass is 32.2. The van der Waals surface area contributed by atoms with Gasteiger partial charge in [0.15, 0.2) is 0 Å². The topological polar surface area (TPSA) is 71.1 Å². The van der Waals surface area contributed by atoms with Gasteiger partial charge in [0.2, 0.25) is 10.0 Å². The minimum atomic E-state index is -3.45. The van der Waals surface area contributed by atoms with E-state index >= 15 is 0 Å². The molecule has 5 nitrogen and oxygen atoms in total. The van der Waals surface area contributed by atoms with Crippen molar-refractivity contribution in [1.82, 2.24) is 9.71 Å². The second-order valence-electron chi connectivity index (χ2n) is 4.57. The molecule has 100 valence electrons. The van der Waals surface area contributed by atoms with E-state index in [1.54, 1.807) is 18.3 Å². The smallest absolute Gasteiger partial charge is 0.244 e. The number of aromatic nitrogens is 1. The number of pyridine rings is 1. The minimum absolute atomic E-state index is 0.235. The zero-order valence-electron chi connectivity index (χ0n) is 10.5. The second-order valence-corrected chi connectivity index (χ2v) is 6.31. The van der Waals surface area contributed by atoms with E-state index in [9.17, 15) is 8.42 Å². The van der Waals surface area contributed by atoms with Gasteiger partial charge < -0.3 is 5.32 Å². The molecule has 1 aliphatic rings. The normalized spacial score (nSPS) is 15.6. The summed E-state index contributed by atoms with van der Waals surface area (Å²) in [6.07, 6.45) is 4.76. The summed E-state index contributed by atoms with van der Waals surface area (Å²) in [5.74, 6) is 0.950. The standard InChI is InChI=1S/C12H19N3O2S/c1-2-7-13-12-11(4-3-8-14-12)18(16,17)15-9-10-5-6-10/h3-4,8,10,15H,2,5-7,9H2,1H3,(H,13,14). The third-order valence-corrected chi connectivity index (χ3v) is 4.32. The molecule has 0 atom stereocenters. The van der Waals surface area contributed by atoms with Crippen LogP contribution in [0.25, 0.3) is 0 Å². The molecular weight excluding hydrogens is 250 g/mol. The number of anilines is 1. The van der Waals surface area contributed by atoms with Crippen LogP contribution in [-0.2, 0) is 10.0 Å². The zero-order chi connectivity index (χ0) is 13.0. The predicted octanol–water partition coefficient (Wildman–Crippen LogP) is 1.59. The van der Waals surface area contributed by atoms with Crippen LogP contribution >= 0.6 is 0 Å². The first-order valence-electron chi connectivity index (χ1n) is 6.32. The van der Waals surface area contributed by atoms with Crippen molar-refractivity contribution in [2.45, 2.75) is 31.1 Å². The molecule has 1 aromatic rings. The molecule has 0 aliphatic heterocycles. The van der Waals surface area contributed by atoms with Crippen molar-refractivity contribution in [3.05, 3.63) is 18.3 Å². The van der Waals surface area contributed by atoms with Crippen LogP contribution < -0.4 is 10.0 Å². The molecular formula is C12H19N3O2S. The molecule has 1 saturated carbocycles. The summed E-state index contributed by atoms with van der Waals surface area (Å²) in [4.78, 5) is 4.33. The molecule has 18 heavy (non-hydrogen) atoms. The van der Waals surface area contributed by atoms with Gasteiger partial charge in [-0.1, -0.05) is 6.92 Å². The van der Waals surface area contributed by atoms with E-state index < -0.39 is 10.0 Å². The maximum absolute atomic E-state index is 12.2. The summed E-state index contributed by atoms with van der Waals surface area (Å²) in [5.41, 5.74) is 0. The van der Waals surface area contributed by atoms with Crippen LogP contribution in [0.3, 0.4) is 0 Å². The Balaban J connectivity index is 2.13. The average molecular weight is 269 g/mol. The average Bonchev–Trinajstić information content (AvgIpc) is 3.18. The highest BCUT2D eigenvalue weighted by Crippen LogP contribution is 2.28. The van der Waals surface area contributed by atoms with E-state index in [2.05, 4.69) is 15.0 Å². The van der Waals surface area contributed by atoms with E-state index in [1.165, 1.54) is 0 Å². The van der Waals surface area contributed by atoms with Crippen LogP contribution in [0.1, 0.15) is 26.2 Å². The predicted molar refractivity (Wildman–Crippen MR) is 70.9 cm³/mol. The third kappa shape index (κ3) is 3.43. The van der Waals surface area contributed by atoms with Gasteiger partial charge in [-0.05, 0) is 37.3 Å². The lowest BCUT2D eigenvalue weighted by Gasteiger charge is -2.11. The van der Waals surface area contributed by atoms with Gasteiger partial charge in [0, 0.05) is 19.3 Å². The fraction of sp³-hybridized carbons (Fsp3) is 0.583. The van der Waals surface area contributed by atoms with Crippen LogP contribution in [-0.4, -0.2) is 26.5 Å². The first kappa shape index (κ1) is 13.3. The number of rotatable bonds is 7. The van der Waals surface area contributed by atoms with E-state index in [0.717, 1.165) is 19.3 Å².